The Labute approximate surface area is 126 Å². The van der Waals surface area contributed by atoms with Gasteiger partial charge in [-0.2, -0.15) is 0 Å². The van der Waals surface area contributed by atoms with E-state index in [1.807, 2.05) is 0 Å². The van der Waals surface area contributed by atoms with E-state index in [2.05, 4.69) is 0 Å². The van der Waals surface area contributed by atoms with Gasteiger partial charge in [0, 0.05) is 24.7 Å². The van der Waals surface area contributed by atoms with Crippen molar-refractivity contribution in [1.82, 2.24) is 4.90 Å². The lowest BCUT2D eigenvalue weighted by atomic mass is 10.1. The lowest BCUT2D eigenvalue weighted by Crippen LogP contribution is -2.26. The molecule has 0 fully saturated rings. The summed E-state index contributed by atoms with van der Waals surface area (Å²) < 4.78 is 13.6. The first-order chi connectivity index (χ1) is 9.49. The maximum Gasteiger partial charge on any atom is 0.253 e. The largest absolute Gasteiger partial charge is 0.337 e. The smallest absolute Gasteiger partial charge is 0.253 e. The second-order valence-corrected chi connectivity index (χ2v) is 5.20. The van der Waals surface area contributed by atoms with E-state index in [0.29, 0.717) is 21.2 Å². The van der Waals surface area contributed by atoms with Crippen molar-refractivity contribution in [3.05, 3.63) is 69.5 Å². The minimum absolute atomic E-state index is 0.186. The van der Waals surface area contributed by atoms with Crippen molar-refractivity contribution in [3.63, 3.8) is 0 Å². The molecule has 0 aromatic heterocycles. The maximum absolute atomic E-state index is 13.6. The summed E-state index contributed by atoms with van der Waals surface area (Å²) in [5.41, 5.74) is 0.877. The standard InChI is InChI=1S/C15H12Cl2FNO/c1-19(9-11-4-2-3-5-14(11)18)15(20)10-6-7-12(16)13(17)8-10/h2-8H,9H2,1H3. The SMILES string of the molecule is CN(Cc1ccccc1F)C(=O)c1ccc(Cl)c(Cl)c1. The molecule has 5 heteroatoms. The third-order valence-electron chi connectivity index (χ3n) is 2.88. The molecule has 0 radical (unpaired) electrons. The van der Waals surface area contributed by atoms with Crippen LogP contribution in [0.1, 0.15) is 15.9 Å². The average molecular weight is 312 g/mol. The van der Waals surface area contributed by atoms with E-state index in [1.54, 1.807) is 37.4 Å². The topological polar surface area (TPSA) is 20.3 Å². The first kappa shape index (κ1) is 14.8. The average Bonchev–Trinajstić information content (AvgIpc) is 2.43. The third-order valence-corrected chi connectivity index (χ3v) is 3.62. The molecule has 2 aromatic carbocycles. The highest BCUT2D eigenvalue weighted by molar-refractivity contribution is 6.42. The van der Waals surface area contributed by atoms with Crippen LogP contribution >= 0.6 is 23.2 Å². The first-order valence-corrected chi connectivity index (χ1v) is 6.68. The highest BCUT2D eigenvalue weighted by Gasteiger charge is 2.14. The van der Waals surface area contributed by atoms with Gasteiger partial charge in [-0.25, -0.2) is 4.39 Å². The molecule has 20 heavy (non-hydrogen) atoms. The van der Waals surface area contributed by atoms with Crippen molar-refractivity contribution in [3.8, 4) is 0 Å². The Morgan fingerprint density at radius 1 is 1.15 bits per heavy atom. The molecule has 2 aromatic rings. The Bertz CT molecular complexity index is 646. The predicted molar refractivity (Wildman–Crippen MR) is 78.7 cm³/mol. The molecule has 0 N–H and O–H groups in total. The first-order valence-electron chi connectivity index (χ1n) is 5.93. The van der Waals surface area contributed by atoms with Gasteiger partial charge in [0.05, 0.1) is 10.0 Å². The van der Waals surface area contributed by atoms with Crippen LogP contribution in [-0.2, 0) is 6.54 Å². The molecule has 0 atom stereocenters. The fraction of sp³-hybridized carbons (Fsp3) is 0.133. The van der Waals surface area contributed by atoms with E-state index in [9.17, 15) is 9.18 Å². The summed E-state index contributed by atoms with van der Waals surface area (Å²) in [6, 6.07) is 11.0. The second-order valence-electron chi connectivity index (χ2n) is 4.38. The van der Waals surface area contributed by atoms with E-state index in [-0.39, 0.29) is 18.3 Å². The Morgan fingerprint density at radius 3 is 2.50 bits per heavy atom. The molecule has 0 aliphatic heterocycles. The molecule has 104 valence electrons. The zero-order valence-electron chi connectivity index (χ0n) is 10.7. The Morgan fingerprint density at radius 2 is 1.85 bits per heavy atom. The summed E-state index contributed by atoms with van der Waals surface area (Å²) in [4.78, 5) is 13.7. The number of carbonyl (C=O) groups is 1. The fourth-order valence-corrected chi connectivity index (χ4v) is 2.10. The van der Waals surface area contributed by atoms with Crippen LogP contribution in [-0.4, -0.2) is 17.9 Å². The van der Waals surface area contributed by atoms with Crippen LogP contribution in [0.3, 0.4) is 0 Å². The van der Waals surface area contributed by atoms with Gasteiger partial charge in [0.1, 0.15) is 5.82 Å². The summed E-state index contributed by atoms with van der Waals surface area (Å²) in [5, 5.41) is 0.705. The van der Waals surface area contributed by atoms with Crippen molar-refractivity contribution in [2.45, 2.75) is 6.54 Å². The zero-order chi connectivity index (χ0) is 14.7. The van der Waals surface area contributed by atoms with E-state index in [1.165, 1.54) is 17.0 Å². The molecular weight excluding hydrogens is 300 g/mol. The maximum atomic E-state index is 13.6. The highest BCUT2D eigenvalue weighted by Crippen LogP contribution is 2.23. The molecule has 0 aliphatic carbocycles. The Hall–Kier alpha value is -1.58. The Kier molecular flexibility index (Phi) is 4.63. The predicted octanol–water partition coefficient (Wildman–Crippen LogP) is 4.40. The van der Waals surface area contributed by atoms with Crippen LogP contribution in [0, 0.1) is 5.82 Å². The Balaban J connectivity index is 2.16. The number of nitrogens with zero attached hydrogens (tertiary/aromatic N) is 1. The minimum Gasteiger partial charge on any atom is -0.337 e. The van der Waals surface area contributed by atoms with Crippen LogP contribution in [0.5, 0.6) is 0 Å². The quantitative estimate of drug-likeness (QED) is 0.822. The second kappa shape index (κ2) is 6.25. The van der Waals surface area contributed by atoms with Gasteiger partial charge >= 0.3 is 0 Å². The summed E-state index contributed by atoms with van der Waals surface area (Å²) in [7, 11) is 1.61. The monoisotopic (exact) mass is 311 g/mol. The van der Waals surface area contributed by atoms with Gasteiger partial charge in [0.15, 0.2) is 0 Å². The molecule has 0 saturated carbocycles. The lowest BCUT2D eigenvalue weighted by Gasteiger charge is -2.18. The van der Waals surface area contributed by atoms with E-state index in [4.69, 9.17) is 23.2 Å². The van der Waals surface area contributed by atoms with E-state index >= 15 is 0 Å². The molecule has 0 unspecified atom stereocenters. The van der Waals surface area contributed by atoms with Gasteiger partial charge in [-0.15, -0.1) is 0 Å². The van der Waals surface area contributed by atoms with Crippen molar-refractivity contribution in [2.75, 3.05) is 7.05 Å². The molecule has 2 nitrogen and oxygen atoms in total. The summed E-state index contributed by atoms with van der Waals surface area (Å²) in [5.74, 6) is -0.576. The van der Waals surface area contributed by atoms with Gasteiger partial charge in [0.2, 0.25) is 0 Å². The van der Waals surface area contributed by atoms with Crippen molar-refractivity contribution in [1.29, 1.82) is 0 Å². The van der Waals surface area contributed by atoms with Gasteiger partial charge < -0.3 is 4.90 Å². The number of rotatable bonds is 3. The number of amides is 1. The summed E-state index contributed by atoms with van der Waals surface area (Å²) in [6.07, 6.45) is 0. The van der Waals surface area contributed by atoms with Crippen molar-refractivity contribution >= 4 is 29.1 Å². The molecule has 0 heterocycles. The van der Waals surface area contributed by atoms with Gasteiger partial charge in [0.25, 0.3) is 5.91 Å². The summed E-state index contributed by atoms with van der Waals surface area (Å²) in [6.45, 7) is 0.186. The van der Waals surface area contributed by atoms with Crippen molar-refractivity contribution < 1.29 is 9.18 Å². The molecule has 1 amide bonds. The van der Waals surface area contributed by atoms with Gasteiger partial charge in [-0.3, -0.25) is 4.79 Å². The minimum atomic E-state index is -0.332. The molecule has 0 aliphatic rings. The highest BCUT2D eigenvalue weighted by atomic mass is 35.5. The van der Waals surface area contributed by atoms with Crippen LogP contribution in [0.2, 0.25) is 10.0 Å². The molecule has 0 spiro atoms. The summed E-state index contributed by atoms with van der Waals surface area (Å²) >= 11 is 11.7. The van der Waals surface area contributed by atoms with Gasteiger partial charge in [-0.1, -0.05) is 41.4 Å². The van der Waals surface area contributed by atoms with Crippen LogP contribution < -0.4 is 0 Å². The fourth-order valence-electron chi connectivity index (χ4n) is 1.80. The third kappa shape index (κ3) is 3.30. The van der Waals surface area contributed by atoms with E-state index < -0.39 is 0 Å². The lowest BCUT2D eigenvalue weighted by molar-refractivity contribution is 0.0784. The van der Waals surface area contributed by atoms with Crippen molar-refractivity contribution in [2.24, 2.45) is 0 Å². The number of carbonyl (C=O) groups excluding carboxylic acids is 1. The number of hydrogen-bond donors (Lipinski definition) is 0. The van der Waals surface area contributed by atoms with Gasteiger partial charge in [-0.05, 0) is 24.3 Å². The van der Waals surface area contributed by atoms with Crippen LogP contribution in [0.25, 0.3) is 0 Å². The number of halogens is 3. The van der Waals surface area contributed by atoms with E-state index in [0.717, 1.165) is 0 Å². The van der Waals surface area contributed by atoms with Crippen LogP contribution in [0.4, 0.5) is 4.39 Å². The molecule has 2 rings (SSSR count). The molecular formula is C15H12Cl2FNO. The number of benzene rings is 2. The van der Waals surface area contributed by atoms with Crippen LogP contribution in [0.15, 0.2) is 42.5 Å². The molecule has 0 saturated heterocycles. The number of hydrogen-bond acceptors (Lipinski definition) is 1. The zero-order valence-corrected chi connectivity index (χ0v) is 12.2. The normalized spacial score (nSPS) is 10.4. The molecule has 0 bridgehead atoms.